The van der Waals surface area contributed by atoms with Crippen LogP contribution < -0.4 is 16.0 Å². The van der Waals surface area contributed by atoms with Crippen LogP contribution in [0, 0.1) is 0 Å². The Morgan fingerprint density at radius 3 is 2.26 bits per heavy atom. The fourth-order valence-electron chi connectivity index (χ4n) is 3.50. The number of carbonyl (C=O) groups excluding carboxylic acids is 2. The summed E-state index contributed by atoms with van der Waals surface area (Å²) >= 11 is 0. The lowest BCUT2D eigenvalue weighted by atomic mass is 10.1. The summed E-state index contributed by atoms with van der Waals surface area (Å²) in [6, 6.07) is 21.4. The third kappa shape index (κ3) is 5.95. The first-order valence-electron chi connectivity index (χ1n) is 10.6. The predicted molar refractivity (Wildman–Crippen MR) is 128 cm³/mol. The summed E-state index contributed by atoms with van der Waals surface area (Å²) < 4.78 is 0. The minimum atomic E-state index is -0.175. The Kier molecular flexibility index (Phi) is 7.44. The number of hydrogen-bond donors (Lipinski definition) is 3. The second-order valence-electron chi connectivity index (χ2n) is 7.43. The first kappa shape index (κ1) is 22.1. The molecule has 3 aromatic rings. The van der Waals surface area contributed by atoms with Gasteiger partial charge in [0.2, 0.25) is 5.91 Å². The molecule has 0 aromatic heterocycles. The Morgan fingerprint density at radius 1 is 0.774 bits per heavy atom. The molecule has 3 aromatic carbocycles. The van der Waals surface area contributed by atoms with E-state index in [4.69, 9.17) is 0 Å². The van der Waals surface area contributed by atoms with Gasteiger partial charge in [-0.1, -0.05) is 50.2 Å². The molecule has 31 heavy (non-hydrogen) atoms. The molecule has 0 atom stereocenters. The van der Waals surface area contributed by atoms with Crippen LogP contribution in [0.25, 0.3) is 0 Å². The van der Waals surface area contributed by atoms with Crippen molar-refractivity contribution in [2.24, 2.45) is 0 Å². The quantitative estimate of drug-likeness (QED) is 0.446. The van der Waals surface area contributed by atoms with Gasteiger partial charge in [0.15, 0.2) is 0 Å². The number of hydrogen-bond acceptors (Lipinski definition) is 3. The predicted octanol–water partition coefficient (Wildman–Crippen LogP) is 5.63. The van der Waals surface area contributed by atoms with Crippen molar-refractivity contribution in [2.75, 3.05) is 16.0 Å². The van der Waals surface area contributed by atoms with E-state index in [1.807, 2.05) is 55.5 Å². The molecule has 0 saturated heterocycles. The first-order chi connectivity index (χ1) is 15.0. The van der Waals surface area contributed by atoms with Crippen LogP contribution >= 0.6 is 0 Å². The minimum Gasteiger partial charge on any atom is -0.381 e. The van der Waals surface area contributed by atoms with Gasteiger partial charge in [-0.3, -0.25) is 9.59 Å². The summed E-state index contributed by atoms with van der Waals surface area (Å²) in [5.41, 5.74) is 6.38. The Hall–Kier alpha value is -3.60. The standard InChI is InChI=1S/C26H29N3O2/c1-4-20-10-6-7-12-24(20)27-17-19-9-8-11-22(15-19)26(31)29-25-16-23(28-18(3)30)14-13-21(25)5-2/h6-16,27H,4-5,17H2,1-3H3,(H,28,30)(H,29,31). The van der Waals surface area contributed by atoms with Crippen molar-refractivity contribution < 1.29 is 9.59 Å². The number of amides is 2. The summed E-state index contributed by atoms with van der Waals surface area (Å²) in [5, 5.41) is 9.23. The van der Waals surface area contributed by atoms with Gasteiger partial charge >= 0.3 is 0 Å². The first-order valence-corrected chi connectivity index (χ1v) is 10.6. The van der Waals surface area contributed by atoms with Crippen LogP contribution in [0.15, 0.2) is 66.7 Å². The number of para-hydroxylation sites is 1. The molecule has 0 unspecified atom stereocenters. The molecular weight excluding hydrogens is 386 g/mol. The summed E-state index contributed by atoms with van der Waals surface area (Å²) in [7, 11) is 0. The monoisotopic (exact) mass is 415 g/mol. The van der Waals surface area contributed by atoms with Gasteiger partial charge in [0.05, 0.1) is 0 Å². The molecule has 5 heteroatoms. The van der Waals surface area contributed by atoms with E-state index in [0.29, 0.717) is 23.5 Å². The molecule has 0 radical (unpaired) electrons. The van der Waals surface area contributed by atoms with E-state index in [1.165, 1.54) is 12.5 Å². The fourth-order valence-corrected chi connectivity index (χ4v) is 3.50. The zero-order chi connectivity index (χ0) is 22.2. The lowest BCUT2D eigenvalue weighted by molar-refractivity contribution is -0.114. The molecule has 0 bridgehead atoms. The van der Waals surface area contributed by atoms with Crippen molar-refractivity contribution >= 4 is 28.9 Å². The SMILES string of the molecule is CCc1ccccc1NCc1cccc(C(=O)Nc2cc(NC(C)=O)ccc2CC)c1. The van der Waals surface area contributed by atoms with Gasteiger partial charge < -0.3 is 16.0 Å². The Morgan fingerprint density at radius 2 is 1.52 bits per heavy atom. The average Bonchev–Trinajstić information content (AvgIpc) is 2.78. The molecule has 3 rings (SSSR count). The molecule has 0 aliphatic carbocycles. The van der Waals surface area contributed by atoms with E-state index >= 15 is 0 Å². The van der Waals surface area contributed by atoms with E-state index in [0.717, 1.165) is 29.7 Å². The smallest absolute Gasteiger partial charge is 0.255 e. The number of aryl methyl sites for hydroxylation is 2. The maximum absolute atomic E-state index is 12.9. The highest BCUT2D eigenvalue weighted by atomic mass is 16.2. The summed E-state index contributed by atoms with van der Waals surface area (Å²) in [6.07, 6.45) is 1.74. The second-order valence-corrected chi connectivity index (χ2v) is 7.43. The summed E-state index contributed by atoms with van der Waals surface area (Å²) in [4.78, 5) is 24.3. The summed E-state index contributed by atoms with van der Waals surface area (Å²) in [6.45, 7) is 6.27. The second kappa shape index (κ2) is 10.4. The molecule has 160 valence electrons. The highest BCUT2D eigenvalue weighted by Crippen LogP contribution is 2.23. The largest absolute Gasteiger partial charge is 0.381 e. The fraction of sp³-hybridized carbons (Fsp3) is 0.231. The summed E-state index contributed by atoms with van der Waals surface area (Å²) in [5.74, 6) is -0.322. The number of anilines is 3. The zero-order valence-corrected chi connectivity index (χ0v) is 18.3. The van der Waals surface area contributed by atoms with E-state index in [-0.39, 0.29) is 11.8 Å². The molecule has 0 saturated carbocycles. The van der Waals surface area contributed by atoms with E-state index in [9.17, 15) is 9.59 Å². The number of carbonyl (C=O) groups is 2. The molecule has 0 heterocycles. The molecule has 0 aliphatic rings. The topological polar surface area (TPSA) is 70.2 Å². The molecular formula is C26H29N3O2. The van der Waals surface area contributed by atoms with Crippen molar-refractivity contribution in [1.82, 2.24) is 0 Å². The van der Waals surface area contributed by atoms with Gasteiger partial charge in [-0.2, -0.15) is 0 Å². The van der Waals surface area contributed by atoms with Gasteiger partial charge in [0.25, 0.3) is 5.91 Å². The Bertz CT molecular complexity index is 1080. The maximum atomic E-state index is 12.9. The van der Waals surface area contributed by atoms with Gasteiger partial charge in [0.1, 0.15) is 0 Å². The Balaban J connectivity index is 1.73. The van der Waals surface area contributed by atoms with Crippen LogP contribution in [0.2, 0.25) is 0 Å². The van der Waals surface area contributed by atoms with Crippen molar-refractivity contribution in [3.8, 4) is 0 Å². The molecule has 0 spiro atoms. The van der Waals surface area contributed by atoms with Gasteiger partial charge in [-0.15, -0.1) is 0 Å². The Labute approximate surface area is 183 Å². The maximum Gasteiger partial charge on any atom is 0.255 e. The molecule has 2 amide bonds. The lowest BCUT2D eigenvalue weighted by Gasteiger charge is -2.14. The number of rotatable bonds is 8. The van der Waals surface area contributed by atoms with Gasteiger partial charge in [-0.05, 0) is 59.9 Å². The van der Waals surface area contributed by atoms with Crippen LogP contribution in [0.1, 0.15) is 47.8 Å². The van der Waals surface area contributed by atoms with E-state index < -0.39 is 0 Å². The highest BCUT2D eigenvalue weighted by molar-refractivity contribution is 6.05. The zero-order valence-electron chi connectivity index (χ0n) is 18.3. The molecule has 0 fully saturated rings. The van der Waals surface area contributed by atoms with Gasteiger partial charge in [-0.25, -0.2) is 0 Å². The lowest BCUT2D eigenvalue weighted by Crippen LogP contribution is -2.14. The third-order valence-electron chi connectivity index (χ3n) is 5.13. The average molecular weight is 416 g/mol. The molecule has 0 aliphatic heterocycles. The number of benzene rings is 3. The molecule has 3 N–H and O–H groups in total. The van der Waals surface area contributed by atoms with Crippen molar-refractivity contribution in [2.45, 2.75) is 40.2 Å². The minimum absolute atomic E-state index is 0.147. The van der Waals surface area contributed by atoms with E-state index in [1.54, 1.807) is 6.07 Å². The van der Waals surface area contributed by atoms with Crippen LogP contribution in [0.3, 0.4) is 0 Å². The van der Waals surface area contributed by atoms with Crippen LogP contribution in [-0.2, 0) is 24.2 Å². The normalized spacial score (nSPS) is 10.4. The van der Waals surface area contributed by atoms with Gasteiger partial charge in [0, 0.05) is 36.1 Å². The number of nitrogens with one attached hydrogen (secondary N) is 3. The van der Waals surface area contributed by atoms with Crippen molar-refractivity contribution in [3.05, 3.63) is 89.0 Å². The van der Waals surface area contributed by atoms with Crippen molar-refractivity contribution in [3.63, 3.8) is 0 Å². The highest BCUT2D eigenvalue weighted by Gasteiger charge is 2.11. The van der Waals surface area contributed by atoms with Crippen LogP contribution in [-0.4, -0.2) is 11.8 Å². The van der Waals surface area contributed by atoms with Crippen LogP contribution in [0.4, 0.5) is 17.1 Å². The van der Waals surface area contributed by atoms with Crippen molar-refractivity contribution in [1.29, 1.82) is 0 Å². The van der Waals surface area contributed by atoms with Crippen LogP contribution in [0.5, 0.6) is 0 Å². The third-order valence-corrected chi connectivity index (χ3v) is 5.13. The van der Waals surface area contributed by atoms with E-state index in [2.05, 4.69) is 35.0 Å². The molecule has 5 nitrogen and oxygen atoms in total.